The molecule has 2 aromatic rings. The van der Waals surface area contributed by atoms with Crippen LogP contribution in [0.4, 0.5) is 5.82 Å². The van der Waals surface area contributed by atoms with Crippen molar-refractivity contribution in [3.63, 3.8) is 0 Å². The van der Waals surface area contributed by atoms with Gasteiger partial charge in [-0.25, -0.2) is 9.97 Å². The predicted octanol–water partition coefficient (Wildman–Crippen LogP) is 4.19. The Kier molecular flexibility index (Phi) is 4.73. The Hall–Kier alpha value is -1.46. The summed E-state index contributed by atoms with van der Waals surface area (Å²) in [6, 6.07) is 7.90. The minimum Gasteiger partial charge on any atom is -0.363 e. The number of nitrogens with zero attached hydrogens (tertiary/aromatic N) is 2. The fourth-order valence-corrected chi connectivity index (χ4v) is 2.50. The van der Waals surface area contributed by atoms with E-state index >= 15 is 0 Å². The lowest BCUT2D eigenvalue weighted by atomic mass is 10.1. The average molecular weight is 355 g/mol. The number of hydrogen-bond donors (Lipinski definition) is 1. The third kappa shape index (κ3) is 3.35. The molecule has 1 N–H and O–H groups in total. The lowest BCUT2D eigenvalue weighted by Gasteiger charge is -2.17. The summed E-state index contributed by atoms with van der Waals surface area (Å²) in [6.07, 6.45) is 0.664. The number of benzene rings is 1. The van der Waals surface area contributed by atoms with Gasteiger partial charge in [0, 0.05) is 4.47 Å². The molecular formula is C14H13BrClN3O. The number of aromatic nitrogens is 2. The molecule has 0 spiro atoms. The Labute approximate surface area is 130 Å². The molecule has 0 aliphatic carbocycles. The van der Waals surface area contributed by atoms with Crippen LogP contribution >= 0.6 is 27.5 Å². The molecule has 1 aromatic carbocycles. The summed E-state index contributed by atoms with van der Waals surface area (Å²) in [5.41, 5.74) is 1.35. The summed E-state index contributed by atoms with van der Waals surface area (Å²) in [5, 5.41) is 3.36. The zero-order valence-corrected chi connectivity index (χ0v) is 13.4. The first-order valence-corrected chi connectivity index (χ1v) is 7.19. The molecule has 6 heteroatoms. The number of aldehydes is 1. The van der Waals surface area contributed by atoms with Crippen LogP contribution in [0.25, 0.3) is 0 Å². The van der Waals surface area contributed by atoms with Gasteiger partial charge in [0.1, 0.15) is 16.8 Å². The van der Waals surface area contributed by atoms with Gasteiger partial charge >= 0.3 is 0 Å². The number of nitrogens with one attached hydrogen (secondary N) is 1. The van der Waals surface area contributed by atoms with Gasteiger partial charge in [0.15, 0.2) is 6.29 Å². The summed E-state index contributed by atoms with van der Waals surface area (Å²) >= 11 is 9.40. The van der Waals surface area contributed by atoms with E-state index in [2.05, 4.69) is 31.2 Å². The molecule has 1 atom stereocenters. The van der Waals surface area contributed by atoms with Crippen molar-refractivity contribution in [3.8, 4) is 0 Å². The first kappa shape index (κ1) is 14.9. The van der Waals surface area contributed by atoms with Gasteiger partial charge in [-0.1, -0.05) is 39.7 Å². The number of hydrogen-bond acceptors (Lipinski definition) is 4. The molecule has 0 aliphatic rings. The molecule has 0 saturated heterocycles. The van der Waals surface area contributed by atoms with Crippen molar-refractivity contribution < 1.29 is 4.79 Å². The Balaban J connectivity index is 2.32. The highest BCUT2D eigenvalue weighted by molar-refractivity contribution is 9.10. The van der Waals surface area contributed by atoms with E-state index in [1.54, 1.807) is 6.92 Å². The van der Waals surface area contributed by atoms with Crippen LogP contribution in [0.1, 0.15) is 34.7 Å². The number of carbonyl (C=O) groups is 1. The highest BCUT2D eigenvalue weighted by Gasteiger charge is 2.14. The van der Waals surface area contributed by atoms with Crippen molar-refractivity contribution in [1.82, 2.24) is 9.97 Å². The summed E-state index contributed by atoms with van der Waals surface area (Å²) < 4.78 is 0.996. The topological polar surface area (TPSA) is 54.9 Å². The van der Waals surface area contributed by atoms with Crippen LogP contribution in [0.15, 0.2) is 28.7 Å². The zero-order valence-electron chi connectivity index (χ0n) is 11.0. The van der Waals surface area contributed by atoms with Gasteiger partial charge in [-0.2, -0.15) is 0 Å². The van der Waals surface area contributed by atoms with Gasteiger partial charge in [0.25, 0.3) is 0 Å². The summed E-state index contributed by atoms with van der Waals surface area (Å²) in [4.78, 5) is 19.3. The Morgan fingerprint density at radius 3 is 2.80 bits per heavy atom. The molecule has 1 unspecified atom stereocenters. The van der Waals surface area contributed by atoms with Gasteiger partial charge in [0.2, 0.25) is 0 Å². The van der Waals surface area contributed by atoms with Crippen molar-refractivity contribution in [3.05, 3.63) is 50.8 Å². The monoisotopic (exact) mass is 353 g/mol. The Bertz CT molecular complexity index is 648. The maximum absolute atomic E-state index is 11.1. The number of aryl methyl sites for hydroxylation is 1. The third-order valence-electron chi connectivity index (χ3n) is 2.83. The lowest BCUT2D eigenvalue weighted by molar-refractivity contribution is 0.112. The maximum Gasteiger partial charge on any atom is 0.156 e. The SMILES string of the molecule is Cc1nc(Cl)c(C=O)c(NC(C)c2cccc(Br)c2)n1. The molecule has 0 saturated carbocycles. The quantitative estimate of drug-likeness (QED) is 0.661. The smallest absolute Gasteiger partial charge is 0.156 e. The van der Waals surface area contributed by atoms with Crippen LogP contribution < -0.4 is 5.32 Å². The molecule has 0 bridgehead atoms. The molecule has 1 heterocycles. The number of carbonyl (C=O) groups excluding carboxylic acids is 1. The van der Waals surface area contributed by atoms with E-state index in [1.165, 1.54) is 0 Å². The van der Waals surface area contributed by atoms with E-state index in [-0.39, 0.29) is 16.8 Å². The van der Waals surface area contributed by atoms with Crippen molar-refractivity contribution in [2.75, 3.05) is 5.32 Å². The minimum absolute atomic E-state index is 0.0171. The number of anilines is 1. The normalized spacial score (nSPS) is 12.0. The van der Waals surface area contributed by atoms with E-state index in [9.17, 15) is 4.79 Å². The number of halogens is 2. The molecule has 0 fully saturated rings. The largest absolute Gasteiger partial charge is 0.363 e. The van der Waals surface area contributed by atoms with E-state index in [0.29, 0.717) is 17.9 Å². The van der Waals surface area contributed by atoms with Crippen LogP contribution in [0.2, 0.25) is 5.15 Å². The summed E-state index contributed by atoms with van der Waals surface area (Å²) in [7, 11) is 0. The lowest BCUT2D eigenvalue weighted by Crippen LogP contribution is -2.11. The fourth-order valence-electron chi connectivity index (χ4n) is 1.83. The zero-order chi connectivity index (χ0) is 14.7. The maximum atomic E-state index is 11.1. The van der Waals surface area contributed by atoms with Crippen molar-refractivity contribution in [2.24, 2.45) is 0 Å². The predicted molar refractivity (Wildman–Crippen MR) is 83.3 cm³/mol. The minimum atomic E-state index is -0.0171. The molecule has 2 rings (SSSR count). The molecule has 1 aromatic heterocycles. The van der Waals surface area contributed by atoms with Gasteiger partial charge in [-0.15, -0.1) is 0 Å². The van der Waals surface area contributed by atoms with Crippen LogP contribution in [-0.2, 0) is 0 Å². The van der Waals surface area contributed by atoms with Gasteiger partial charge in [-0.05, 0) is 31.5 Å². The molecule has 4 nitrogen and oxygen atoms in total. The summed E-state index contributed by atoms with van der Waals surface area (Å²) in [6.45, 7) is 3.72. The molecule has 20 heavy (non-hydrogen) atoms. The van der Waals surface area contributed by atoms with Gasteiger partial charge in [0.05, 0.1) is 11.6 Å². The molecular weight excluding hydrogens is 342 g/mol. The first-order chi connectivity index (χ1) is 9.51. The van der Waals surface area contributed by atoms with Crippen LogP contribution in [-0.4, -0.2) is 16.3 Å². The Morgan fingerprint density at radius 1 is 1.40 bits per heavy atom. The molecule has 0 aliphatic heterocycles. The van der Waals surface area contributed by atoms with E-state index in [4.69, 9.17) is 11.6 Å². The van der Waals surface area contributed by atoms with Crippen LogP contribution in [0.5, 0.6) is 0 Å². The van der Waals surface area contributed by atoms with Gasteiger partial charge in [-0.3, -0.25) is 4.79 Å². The first-order valence-electron chi connectivity index (χ1n) is 6.02. The van der Waals surface area contributed by atoms with E-state index < -0.39 is 0 Å². The third-order valence-corrected chi connectivity index (χ3v) is 3.61. The van der Waals surface area contributed by atoms with Crippen molar-refractivity contribution >= 4 is 39.6 Å². The van der Waals surface area contributed by atoms with Crippen LogP contribution in [0, 0.1) is 6.92 Å². The van der Waals surface area contributed by atoms with Crippen molar-refractivity contribution in [2.45, 2.75) is 19.9 Å². The van der Waals surface area contributed by atoms with E-state index in [1.807, 2.05) is 31.2 Å². The highest BCUT2D eigenvalue weighted by Crippen LogP contribution is 2.25. The molecule has 104 valence electrons. The average Bonchev–Trinajstić information content (AvgIpc) is 2.38. The number of rotatable bonds is 4. The second-order valence-electron chi connectivity index (χ2n) is 4.36. The fraction of sp³-hybridized carbons (Fsp3) is 0.214. The van der Waals surface area contributed by atoms with Gasteiger partial charge < -0.3 is 5.32 Å². The highest BCUT2D eigenvalue weighted by atomic mass is 79.9. The van der Waals surface area contributed by atoms with Crippen LogP contribution in [0.3, 0.4) is 0 Å². The molecule has 0 amide bonds. The second-order valence-corrected chi connectivity index (χ2v) is 5.64. The second kappa shape index (κ2) is 6.33. The molecule has 0 radical (unpaired) electrons. The van der Waals surface area contributed by atoms with Crippen molar-refractivity contribution in [1.29, 1.82) is 0 Å². The summed E-state index contributed by atoms with van der Waals surface area (Å²) in [5.74, 6) is 0.967. The van der Waals surface area contributed by atoms with E-state index in [0.717, 1.165) is 10.0 Å². The Morgan fingerprint density at radius 2 is 2.15 bits per heavy atom. The standard InChI is InChI=1S/C14H13BrClN3O/c1-8(10-4-3-5-11(15)6-10)17-14-12(7-20)13(16)18-9(2)19-14/h3-8H,1-2H3,(H,17,18,19).